The first-order valence-electron chi connectivity index (χ1n) is 12.0. The Labute approximate surface area is 193 Å². The first-order chi connectivity index (χ1) is 15.4. The number of amides is 1. The topological polar surface area (TPSA) is 55.4 Å². The minimum atomic E-state index is -2.17. The molecule has 3 rings (SSSR count). The summed E-state index contributed by atoms with van der Waals surface area (Å²) in [5.74, 6) is -0.0305. The van der Waals surface area contributed by atoms with Crippen LogP contribution in [0.3, 0.4) is 0 Å². The first kappa shape index (κ1) is 24.5. The van der Waals surface area contributed by atoms with E-state index in [9.17, 15) is 9.59 Å². The Balaban J connectivity index is 1.78. The van der Waals surface area contributed by atoms with E-state index in [1.54, 1.807) is 0 Å². The number of benzene rings is 2. The van der Waals surface area contributed by atoms with Gasteiger partial charge in [-0.1, -0.05) is 0 Å². The van der Waals surface area contributed by atoms with Gasteiger partial charge in [0.2, 0.25) is 0 Å². The van der Waals surface area contributed by atoms with Gasteiger partial charge in [0.05, 0.1) is 0 Å². The van der Waals surface area contributed by atoms with Gasteiger partial charge in [-0.3, -0.25) is 0 Å². The molecular formula is C27H38NO3P. The molecule has 2 aromatic rings. The molecule has 0 spiro atoms. The minimum absolute atomic E-state index is 0.0592. The number of esters is 1. The SMILES string of the molecule is CCCC(C(=O)Nc1c(C)cccc1C)[PH]1(CC(=O)OCc2ccccc2)CCCCC1. The average molecular weight is 456 g/mol. The second-order valence-electron chi connectivity index (χ2n) is 9.34. The fourth-order valence-electron chi connectivity index (χ4n) is 5.21. The van der Waals surface area contributed by atoms with Gasteiger partial charge in [-0.15, -0.1) is 0 Å². The second-order valence-corrected chi connectivity index (χ2v) is 14.1. The maximum absolute atomic E-state index is 13.6. The van der Waals surface area contributed by atoms with Gasteiger partial charge < -0.3 is 0 Å². The van der Waals surface area contributed by atoms with Crippen LogP contribution in [0.15, 0.2) is 48.5 Å². The number of para-hydroxylation sites is 1. The number of carbonyl (C=O) groups is 2. The van der Waals surface area contributed by atoms with Crippen molar-refractivity contribution in [2.45, 2.75) is 65.1 Å². The number of anilines is 1. The third-order valence-electron chi connectivity index (χ3n) is 6.95. The molecule has 1 heterocycles. The molecule has 1 saturated heterocycles. The van der Waals surface area contributed by atoms with Crippen LogP contribution >= 0.6 is 7.26 Å². The van der Waals surface area contributed by atoms with Gasteiger partial charge in [0, 0.05) is 0 Å². The molecule has 32 heavy (non-hydrogen) atoms. The molecule has 0 bridgehead atoms. The number of hydrogen-bond donors (Lipinski definition) is 1. The number of carbonyl (C=O) groups excluding carboxylic acids is 2. The molecule has 1 unspecified atom stereocenters. The molecule has 174 valence electrons. The van der Waals surface area contributed by atoms with Crippen molar-refractivity contribution in [1.82, 2.24) is 0 Å². The quantitative estimate of drug-likeness (QED) is 0.368. The summed E-state index contributed by atoms with van der Waals surface area (Å²) >= 11 is 0. The van der Waals surface area contributed by atoms with E-state index in [1.807, 2.05) is 62.4 Å². The molecule has 2 aromatic carbocycles. The fraction of sp³-hybridized carbons (Fsp3) is 0.481. The summed E-state index contributed by atoms with van der Waals surface area (Å²) < 4.78 is 5.68. The van der Waals surface area contributed by atoms with Crippen molar-refractivity contribution in [3.05, 3.63) is 65.2 Å². The number of ether oxygens (including phenoxy) is 1. The molecular weight excluding hydrogens is 417 g/mol. The van der Waals surface area contributed by atoms with Crippen LogP contribution in [0.4, 0.5) is 5.69 Å². The Bertz CT molecular complexity index is 886. The van der Waals surface area contributed by atoms with E-state index in [0.29, 0.717) is 12.8 Å². The number of nitrogens with one attached hydrogen (secondary N) is 1. The third-order valence-corrected chi connectivity index (χ3v) is 12.7. The van der Waals surface area contributed by atoms with Crippen LogP contribution in [-0.2, 0) is 20.9 Å². The van der Waals surface area contributed by atoms with Gasteiger partial charge in [0.25, 0.3) is 0 Å². The van der Waals surface area contributed by atoms with Crippen molar-refractivity contribution >= 4 is 24.8 Å². The predicted molar refractivity (Wildman–Crippen MR) is 136 cm³/mol. The van der Waals surface area contributed by atoms with Crippen molar-refractivity contribution in [2.24, 2.45) is 0 Å². The number of hydrogen-bond acceptors (Lipinski definition) is 3. The molecule has 5 heteroatoms. The Morgan fingerprint density at radius 1 is 0.969 bits per heavy atom. The molecule has 1 fully saturated rings. The molecule has 1 aliphatic rings. The maximum atomic E-state index is 13.6. The number of rotatable bonds is 9. The van der Waals surface area contributed by atoms with E-state index >= 15 is 0 Å². The Morgan fingerprint density at radius 2 is 1.62 bits per heavy atom. The average Bonchev–Trinajstić information content (AvgIpc) is 2.80. The summed E-state index contributed by atoms with van der Waals surface area (Å²) in [4.78, 5) is 26.6. The molecule has 0 radical (unpaired) electrons. The second kappa shape index (κ2) is 11.6. The molecule has 1 atom stereocenters. The molecule has 0 aromatic heterocycles. The zero-order valence-corrected chi connectivity index (χ0v) is 20.8. The van der Waals surface area contributed by atoms with Crippen LogP contribution in [0.5, 0.6) is 0 Å². The summed E-state index contributed by atoms with van der Waals surface area (Å²) in [5, 5.41) is 3.26. The van der Waals surface area contributed by atoms with Gasteiger partial charge >= 0.3 is 193 Å². The predicted octanol–water partition coefficient (Wildman–Crippen LogP) is 6.09. The van der Waals surface area contributed by atoms with Crippen molar-refractivity contribution < 1.29 is 14.3 Å². The standard InChI is InChI=1S/C27H38NO3P/c1-4-12-24(27(30)28-26-21(2)13-11-14-22(26)3)32(17-9-6-10-18-32)20-25(29)31-19-23-15-7-5-8-16-23/h5,7-8,11,13-16,24,32H,4,6,9-10,12,17-20H2,1-3H3,(H,28,30). The van der Waals surface area contributed by atoms with Crippen LogP contribution in [0, 0.1) is 13.8 Å². The zero-order valence-electron chi connectivity index (χ0n) is 19.8. The molecule has 1 N–H and O–H groups in total. The zero-order chi connectivity index (χ0) is 23.0. The van der Waals surface area contributed by atoms with Crippen molar-refractivity contribution in [3.8, 4) is 0 Å². The van der Waals surface area contributed by atoms with E-state index in [2.05, 4.69) is 12.2 Å². The fourth-order valence-corrected chi connectivity index (χ4v) is 10.9. The van der Waals surface area contributed by atoms with Crippen LogP contribution in [0.1, 0.15) is 55.7 Å². The Morgan fingerprint density at radius 3 is 2.25 bits per heavy atom. The van der Waals surface area contributed by atoms with Gasteiger partial charge in [-0.2, -0.15) is 0 Å². The van der Waals surface area contributed by atoms with E-state index < -0.39 is 7.26 Å². The normalized spacial score (nSPS) is 17.2. The molecule has 4 nitrogen and oxygen atoms in total. The van der Waals surface area contributed by atoms with Crippen molar-refractivity contribution in [2.75, 3.05) is 23.8 Å². The van der Waals surface area contributed by atoms with Gasteiger partial charge in [0.1, 0.15) is 0 Å². The third kappa shape index (κ3) is 6.19. The number of aryl methyl sites for hydroxylation is 2. The van der Waals surface area contributed by atoms with Gasteiger partial charge in [-0.05, 0) is 0 Å². The summed E-state index contributed by atoms with van der Waals surface area (Å²) in [6, 6.07) is 15.9. The summed E-state index contributed by atoms with van der Waals surface area (Å²) in [6.45, 7) is 6.51. The molecule has 1 amide bonds. The summed E-state index contributed by atoms with van der Waals surface area (Å²) in [6.07, 6.45) is 7.75. The van der Waals surface area contributed by atoms with Crippen LogP contribution in [-0.4, -0.2) is 36.0 Å². The summed E-state index contributed by atoms with van der Waals surface area (Å²) in [7, 11) is -2.17. The van der Waals surface area contributed by atoms with Crippen molar-refractivity contribution in [1.29, 1.82) is 0 Å². The van der Waals surface area contributed by atoms with E-state index in [1.165, 1.54) is 6.42 Å². The van der Waals surface area contributed by atoms with Crippen LogP contribution in [0.2, 0.25) is 0 Å². The molecule has 0 aliphatic carbocycles. The molecule has 0 saturated carbocycles. The van der Waals surface area contributed by atoms with Crippen LogP contribution in [0.25, 0.3) is 0 Å². The van der Waals surface area contributed by atoms with E-state index in [4.69, 9.17) is 4.74 Å². The van der Waals surface area contributed by atoms with Gasteiger partial charge in [-0.25, -0.2) is 0 Å². The first-order valence-corrected chi connectivity index (χ1v) is 14.7. The van der Waals surface area contributed by atoms with Crippen molar-refractivity contribution in [3.63, 3.8) is 0 Å². The summed E-state index contributed by atoms with van der Waals surface area (Å²) in [5.41, 5.74) is 4.02. The Kier molecular flexibility index (Phi) is 8.87. The molecule has 1 aliphatic heterocycles. The monoisotopic (exact) mass is 455 g/mol. The van der Waals surface area contributed by atoms with E-state index in [0.717, 1.165) is 60.4 Å². The van der Waals surface area contributed by atoms with E-state index in [-0.39, 0.29) is 17.5 Å². The van der Waals surface area contributed by atoms with Gasteiger partial charge in [0.15, 0.2) is 0 Å². The Hall–Kier alpha value is -2.19. The van der Waals surface area contributed by atoms with Crippen LogP contribution < -0.4 is 5.32 Å².